The van der Waals surface area contributed by atoms with Gasteiger partial charge in [-0.1, -0.05) is 33.6 Å². The molecule has 0 aliphatic rings. The third-order valence-electron chi connectivity index (χ3n) is 2.33. The first-order chi connectivity index (χ1) is 6.66. The zero-order valence-electron chi connectivity index (χ0n) is 9.94. The smallest absolute Gasteiger partial charge is 0.132 e. The number of carbonyl (C=O) groups is 1. The third kappa shape index (κ3) is 9.72. The predicted molar refractivity (Wildman–Crippen MR) is 63.6 cm³/mol. The number of ketones is 1. The summed E-state index contributed by atoms with van der Waals surface area (Å²) in [6.45, 7) is 7.38. The summed E-state index contributed by atoms with van der Waals surface area (Å²) in [7, 11) is 0. The van der Waals surface area contributed by atoms with Crippen LogP contribution in [-0.2, 0) is 4.79 Å². The maximum Gasteiger partial charge on any atom is 0.132 e. The maximum absolute atomic E-state index is 11.0. The van der Waals surface area contributed by atoms with E-state index in [1.54, 1.807) is 0 Å². The SMILES string of the molecule is CCC(=O)CCCCCCNC(C)C.[HH]. The van der Waals surface area contributed by atoms with E-state index in [0.29, 0.717) is 18.2 Å². The summed E-state index contributed by atoms with van der Waals surface area (Å²) in [4.78, 5) is 11.0. The Labute approximate surface area is 89.9 Å². The Morgan fingerprint density at radius 1 is 1.21 bits per heavy atom. The zero-order valence-corrected chi connectivity index (χ0v) is 9.94. The van der Waals surface area contributed by atoms with E-state index in [4.69, 9.17) is 0 Å². The van der Waals surface area contributed by atoms with Gasteiger partial charge >= 0.3 is 0 Å². The minimum Gasteiger partial charge on any atom is -0.315 e. The van der Waals surface area contributed by atoms with Crippen molar-refractivity contribution < 1.29 is 6.22 Å². The van der Waals surface area contributed by atoms with E-state index in [9.17, 15) is 4.79 Å². The van der Waals surface area contributed by atoms with E-state index in [1.165, 1.54) is 19.3 Å². The molecule has 0 saturated heterocycles. The summed E-state index contributed by atoms with van der Waals surface area (Å²) < 4.78 is 0. The van der Waals surface area contributed by atoms with Crippen molar-refractivity contribution in [1.29, 1.82) is 0 Å². The molecule has 0 aromatic carbocycles. The van der Waals surface area contributed by atoms with E-state index in [-0.39, 0.29) is 1.43 Å². The Balaban J connectivity index is 0. The van der Waals surface area contributed by atoms with Crippen LogP contribution in [0.25, 0.3) is 0 Å². The molecule has 0 radical (unpaired) electrons. The van der Waals surface area contributed by atoms with Crippen LogP contribution in [0.1, 0.15) is 60.7 Å². The van der Waals surface area contributed by atoms with Crippen LogP contribution in [-0.4, -0.2) is 18.4 Å². The largest absolute Gasteiger partial charge is 0.315 e. The van der Waals surface area contributed by atoms with Gasteiger partial charge in [0.15, 0.2) is 0 Å². The fourth-order valence-electron chi connectivity index (χ4n) is 1.37. The van der Waals surface area contributed by atoms with Crippen LogP contribution in [0.4, 0.5) is 0 Å². The molecular formula is C12H27NO. The van der Waals surface area contributed by atoms with Crippen LogP contribution >= 0.6 is 0 Å². The first kappa shape index (κ1) is 13.6. The van der Waals surface area contributed by atoms with Gasteiger partial charge in [0.05, 0.1) is 0 Å². The number of Topliss-reactive ketones (excluding diaryl/α,β-unsaturated/α-hetero) is 1. The van der Waals surface area contributed by atoms with Gasteiger partial charge in [-0.15, -0.1) is 0 Å². The fourth-order valence-corrected chi connectivity index (χ4v) is 1.37. The molecule has 0 spiro atoms. The molecule has 0 fully saturated rings. The Bertz CT molecular complexity index is 149. The molecule has 0 aliphatic heterocycles. The van der Waals surface area contributed by atoms with E-state index >= 15 is 0 Å². The Morgan fingerprint density at radius 3 is 2.43 bits per heavy atom. The van der Waals surface area contributed by atoms with Crippen molar-refractivity contribution in [1.82, 2.24) is 5.32 Å². The van der Waals surface area contributed by atoms with Crippen LogP contribution in [0.15, 0.2) is 0 Å². The molecule has 2 nitrogen and oxygen atoms in total. The molecule has 86 valence electrons. The van der Waals surface area contributed by atoms with Gasteiger partial charge in [-0.2, -0.15) is 0 Å². The van der Waals surface area contributed by atoms with Crippen LogP contribution in [0.2, 0.25) is 0 Å². The molecule has 0 rings (SSSR count). The first-order valence-corrected chi connectivity index (χ1v) is 5.92. The molecule has 14 heavy (non-hydrogen) atoms. The van der Waals surface area contributed by atoms with E-state index in [0.717, 1.165) is 19.4 Å². The van der Waals surface area contributed by atoms with Gasteiger partial charge in [0, 0.05) is 20.3 Å². The molecule has 0 aliphatic carbocycles. The van der Waals surface area contributed by atoms with E-state index in [2.05, 4.69) is 19.2 Å². The highest BCUT2D eigenvalue weighted by Crippen LogP contribution is 2.04. The zero-order chi connectivity index (χ0) is 10.8. The van der Waals surface area contributed by atoms with Gasteiger partial charge in [-0.25, -0.2) is 0 Å². The second-order valence-electron chi connectivity index (χ2n) is 4.17. The second kappa shape index (κ2) is 9.20. The average molecular weight is 201 g/mol. The summed E-state index contributed by atoms with van der Waals surface area (Å²) in [5, 5.41) is 3.39. The standard InChI is InChI=1S/C12H25NO.H2/c1-4-12(14)9-7-5-6-8-10-13-11(2)3;/h11,13H,4-10H2,1-3H3;1H. The Morgan fingerprint density at radius 2 is 1.86 bits per heavy atom. The molecule has 2 heteroatoms. The van der Waals surface area contributed by atoms with Gasteiger partial charge in [-0.05, 0) is 19.4 Å². The van der Waals surface area contributed by atoms with Crippen LogP contribution in [0, 0.1) is 0 Å². The van der Waals surface area contributed by atoms with Crippen LogP contribution < -0.4 is 5.32 Å². The third-order valence-corrected chi connectivity index (χ3v) is 2.33. The highest BCUT2D eigenvalue weighted by molar-refractivity contribution is 5.77. The predicted octanol–water partition coefficient (Wildman–Crippen LogP) is 3.16. The molecule has 1 N–H and O–H groups in total. The van der Waals surface area contributed by atoms with Crippen molar-refractivity contribution in [3.63, 3.8) is 0 Å². The van der Waals surface area contributed by atoms with Gasteiger partial charge < -0.3 is 5.32 Å². The van der Waals surface area contributed by atoms with Gasteiger partial charge in [0.2, 0.25) is 0 Å². The summed E-state index contributed by atoms with van der Waals surface area (Å²) in [6, 6.07) is 0.594. The lowest BCUT2D eigenvalue weighted by molar-refractivity contribution is -0.118. The minimum atomic E-state index is 0. The summed E-state index contributed by atoms with van der Waals surface area (Å²) in [6.07, 6.45) is 6.25. The molecule has 0 unspecified atom stereocenters. The van der Waals surface area contributed by atoms with Crippen molar-refractivity contribution in [2.75, 3.05) is 6.54 Å². The Hall–Kier alpha value is -0.370. The van der Waals surface area contributed by atoms with Gasteiger partial charge in [-0.3, -0.25) is 4.79 Å². The topological polar surface area (TPSA) is 29.1 Å². The number of hydrogen-bond donors (Lipinski definition) is 1. The van der Waals surface area contributed by atoms with E-state index < -0.39 is 0 Å². The Kier molecular flexibility index (Phi) is 8.95. The second-order valence-corrected chi connectivity index (χ2v) is 4.17. The van der Waals surface area contributed by atoms with Crippen molar-refractivity contribution in [2.24, 2.45) is 0 Å². The van der Waals surface area contributed by atoms with E-state index in [1.807, 2.05) is 6.92 Å². The lowest BCUT2D eigenvalue weighted by atomic mass is 10.1. The molecular weight excluding hydrogens is 174 g/mol. The lowest BCUT2D eigenvalue weighted by Gasteiger charge is -2.07. The number of rotatable bonds is 9. The highest BCUT2D eigenvalue weighted by atomic mass is 16.1. The molecule has 0 bridgehead atoms. The molecule has 0 saturated carbocycles. The molecule has 0 heterocycles. The van der Waals surface area contributed by atoms with Crippen molar-refractivity contribution >= 4 is 5.78 Å². The van der Waals surface area contributed by atoms with Gasteiger partial charge in [0.1, 0.15) is 5.78 Å². The fraction of sp³-hybridized carbons (Fsp3) is 0.917. The normalized spacial score (nSPS) is 10.9. The van der Waals surface area contributed by atoms with Crippen molar-refractivity contribution in [2.45, 2.75) is 65.3 Å². The number of unbranched alkanes of at least 4 members (excludes halogenated alkanes) is 3. The quantitative estimate of drug-likeness (QED) is 0.581. The molecule has 0 amide bonds. The minimum absolute atomic E-state index is 0. The monoisotopic (exact) mass is 201 g/mol. The first-order valence-electron chi connectivity index (χ1n) is 5.92. The highest BCUT2D eigenvalue weighted by Gasteiger charge is 1.97. The van der Waals surface area contributed by atoms with Crippen LogP contribution in [0.5, 0.6) is 0 Å². The number of nitrogens with one attached hydrogen (secondary N) is 1. The maximum atomic E-state index is 11.0. The lowest BCUT2D eigenvalue weighted by Crippen LogP contribution is -2.23. The molecule has 0 atom stereocenters. The molecule has 0 aromatic heterocycles. The number of carbonyl (C=O) groups excluding carboxylic acids is 1. The van der Waals surface area contributed by atoms with Crippen molar-refractivity contribution in [3.8, 4) is 0 Å². The summed E-state index contributed by atoms with van der Waals surface area (Å²) >= 11 is 0. The summed E-state index contributed by atoms with van der Waals surface area (Å²) in [5.74, 6) is 0.408. The average Bonchev–Trinajstić information content (AvgIpc) is 2.15. The number of hydrogen-bond acceptors (Lipinski definition) is 2. The molecule has 0 aromatic rings. The van der Waals surface area contributed by atoms with Crippen molar-refractivity contribution in [3.05, 3.63) is 0 Å². The van der Waals surface area contributed by atoms with Crippen LogP contribution in [0.3, 0.4) is 0 Å². The van der Waals surface area contributed by atoms with Gasteiger partial charge in [0.25, 0.3) is 0 Å². The summed E-state index contributed by atoms with van der Waals surface area (Å²) in [5.41, 5.74) is 0.